The molecule has 3 rings (SSSR count). The molecule has 0 radical (unpaired) electrons. The van der Waals surface area contributed by atoms with E-state index in [1.807, 2.05) is 19.1 Å². The zero-order valence-electron chi connectivity index (χ0n) is 13.5. The summed E-state index contributed by atoms with van der Waals surface area (Å²) in [7, 11) is 3.87. The van der Waals surface area contributed by atoms with Crippen molar-refractivity contribution < 1.29 is 9.53 Å². The molecule has 1 aromatic carbocycles. The highest BCUT2D eigenvalue weighted by atomic mass is 16.5. The Balaban J connectivity index is 1.88. The van der Waals surface area contributed by atoms with E-state index in [1.54, 1.807) is 7.11 Å². The molecule has 3 heteroatoms. The van der Waals surface area contributed by atoms with Crippen molar-refractivity contribution in [2.45, 2.75) is 51.6 Å². The van der Waals surface area contributed by atoms with E-state index < -0.39 is 0 Å². The fourth-order valence-electron chi connectivity index (χ4n) is 4.09. The Kier molecular flexibility index (Phi) is 3.78. The number of aryl methyl sites for hydroxylation is 1. The Morgan fingerprint density at radius 1 is 1.19 bits per heavy atom. The summed E-state index contributed by atoms with van der Waals surface area (Å²) in [6.07, 6.45) is 4.49. The average Bonchev–Trinajstić information content (AvgIpc) is 2.70. The molecular weight excluding hydrogens is 262 g/mol. The van der Waals surface area contributed by atoms with Gasteiger partial charge in [-0.05, 0) is 63.8 Å². The average molecular weight is 287 g/mol. The fraction of sp³-hybridized carbons (Fsp3) is 0.611. The normalized spacial score (nSPS) is 28.7. The molecule has 1 aromatic rings. The highest BCUT2D eigenvalue weighted by molar-refractivity contribution is 6.01. The number of carbonyl (C=O) groups is 1. The molecular formula is C18H25NO2. The van der Waals surface area contributed by atoms with Crippen LogP contribution in [-0.2, 0) is 0 Å². The van der Waals surface area contributed by atoms with E-state index in [4.69, 9.17) is 4.74 Å². The van der Waals surface area contributed by atoms with E-state index in [0.29, 0.717) is 12.1 Å². The fourth-order valence-corrected chi connectivity index (χ4v) is 4.09. The molecule has 0 saturated carbocycles. The summed E-state index contributed by atoms with van der Waals surface area (Å²) in [6, 6.07) is 5.17. The number of benzene rings is 1. The molecule has 3 nitrogen and oxygen atoms in total. The number of nitrogens with zero attached hydrogens (tertiary/aromatic N) is 1. The van der Waals surface area contributed by atoms with Gasteiger partial charge in [-0.15, -0.1) is 0 Å². The van der Waals surface area contributed by atoms with Crippen LogP contribution in [0.5, 0.6) is 5.75 Å². The number of ether oxygens (including phenoxy) is 1. The maximum absolute atomic E-state index is 13.0. The summed E-state index contributed by atoms with van der Waals surface area (Å²) >= 11 is 0. The topological polar surface area (TPSA) is 29.5 Å². The first kappa shape index (κ1) is 14.6. The Morgan fingerprint density at radius 2 is 1.81 bits per heavy atom. The maximum atomic E-state index is 13.0. The van der Waals surface area contributed by atoms with Gasteiger partial charge in [-0.2, -0.15) is 0 Å². The SMILES string of the molecule is COc1c(C(=O)C2CC3CCC(C2)N3C)ccc(C)c1C. The third-order valence-corrected chi connectivity index (χ3v) is 5.62. The van der Waals surface area contributed by atoms with Crippen molar-refractivity contribution in [3.63, 3.8) is 0 Å². The molecule has 2 saturated heterocycles. The van der Waals surface area contributed by atoms with Crippen LogP contribution in [-0.4, -0.2) is 36.9 Å². The molecule has 0 aliphatic carbocycles. The predicted octanol–water partition coefficient (Wildman–Crippen LogP) is 3.37. The van der Waals surface area contributed by atoms with E-state index in [9.17, 15) is 4.79 Å². The lowest BCUT2D eigenvalue weighted by atomic mass is 9.84. The summed E-state index contributed by atoms with van der Waals surface area (Å²) in [6.45, 7) is 4.09. The van der Waals surface area contributed by atoms with Crippen molar-refractivity contribution in [3.05, 3.63) is 28.8 Å². The molecule has 0 aromatic heterocycles. The quantitative estimate of drug-likeness (QED) is 0.798. The Labute approximate surface area is 127 Å². The molecule has 2 atom stereocenters. The van der Waals surface area contributed by atoms with Gasteiger partial charge in [0.2, 0.25) is 0 Å². The summed E-state index contributed by atoms with van der Waals surface area (Å²) in [5, 5.41) is 0. The van der Waals surface area contributed by atoms with Crippen molar-refractivity contribution >= 4 is 5.78 Å². The van der Waals surface area contributed by atoms with Gasteiger partial charge in [-0.3, -0.25) is 4.79 Å². The second kappa shape index (κ2) is 5.45. The van der Waals surface area contributed by atoms with E-state index in [2.05, 4.69) is 18.9 Å². The zero-order chi connectivity index (χ0) is 15.1. The first-order chi connectivity index (χ1) is 10.0. The van der Waals surface area contributed by atoms with Crippen molar-refractivity contribution in [1.29, 1.82) is 0 Å². The Bertz CT molecular complexity index is 553. The number of fused-ring (bicyclic) bond motifs is 2. The van der Waals surface area contributed by atoms with Crippen LogP contribution in [0.25, 0.3) is 0 Å². The lowest BCUT2D eigenvalue weighted by Gasteiger charge is -2.35. The second-order valence-electron chi connectivity index (χ2n) is 6.67. The van der Waals surface area contributed by atoms with Crippen LogP contribution in [0, 0.1) is 19.8 Å². The summed E-state index contributed by atoms with van der Waals surface area (Å²) in [4.78, 5) is 15.4. The molecule has 2 fully saturated rings. The number of ketones is 1. The molecule has 2 aliphatic rings. The van der Waals surface area contributed by atoms with E-state index in [0.717, 1.165) is 29.7 Å². The minimum absolute atomic E-state index is 0.162. The van der Waals surface area contributed by atoms with Gasteiger partial charge in [0.15, 0.2) is 5.78 Å². The second-order valence-corrected chi connectivity index (χ2v) is 6.67. The van der Waals surface area contributed by atoms with Gasteiger partial charge in [0, 0.05) is 18.0 Å². The van der Waals surface area contributed by atoms with Crippen LogP contribution >= 0.6 is 0 Å². The van der Waals surface area contributed by atoms with Gasteiger partial charge >= 0.3 is 0 Å². The number of carbonyl (C=O) groups excluding carboxylic acids is 1. The highest BCUT2D eigenvalue weighted by Gasteiger charge is 2.41. The first-order valence-electron chi connectivity index (χ1n) is 7.93. The molecule has 2 heterocycles. The number of hydrogen-bond donors (Lipinski definition) is 0. The minimum Gasteiger partial charge on any atom is -0.496 e. The van der Waals surface area contributed by atoms with E-state index in [1.165, 1.54) is 18.4 Å². The van der Waals surface area contributed by atoms with Gasteiger partial charge in [0.05, 0.1) is 12.7 Å². The number of hydrogen-bond acceptors (Lipinski definition) is 3. The molecule has 2 unspecified atom stereocenters. The van der Waals surface area contributed by atoms with Crippen molar-refractivity contribution in [3.8, 4) is 5.75 Å². The van der Waals surface area contributed by atoms with Crippen LogP contribution in [0.1, 0.15) is 47.2 Å². The van der Waals surface area contributed by atoms with Crippen molar-refractivity contribution in [1.82, 2.24) is 4.90 Å². The van der Waals surface area contributed by atoms with Gasteiger partial charge in [-0.1, -0.05) is 6.07 Å². The lowest BCUT2D eigenvalue weighted by molar-refractivity contribution is 0.0764. The monoisotopic (exact) mass is 287 g/mol. The molecule has 114 valence electrons. The molecule has 0 spiro atoms. The molecule has 21 heavy (non-hydrogen) atoms. The van der Waals surface area contributed by atoms with Gasteiger partial charge in [0.1, 0.15) is 5.75 Å². The first-order valence-corrected chi connectivity index (χ1v) is 7.93. The van der Waals surface area contributed by atoms with Crippen LogP contribution < -0.4 is 4.74 Å². The van der Waals surface area contributed by atoms with Gasteiger partial charge in [-0.25, -0.2) is 0 Å². The predicted molar refractivity (Wildman–Crippen MR) is 84.1 cm³/mol. The number of piperidine rings is 1. The molecule has 2 bridgehead atoms. The smallest absolute Gasteiger partial charge is 0.169 e. The van der Waals surface area contributed by atoms with E-state index >= 15 is 0 Å². The maximum Gasteiger partial charge on any atom is 0.169 e. The summed E-state index contributed by atoms with van der Waals surface area (Å²) in [5.74, 6) is 1.21. The molecule has 0 N–H and O–H groups in total. The third kappa shape index (κ3) is 2.38. The standard InChI is InChI=1S/C18H25NO2/c1-11-5-8-16(18(21-4)12(11)2)17(20)13-9-14-6-7-15(10-13)19(14)3/h5,8,13-15H,6-7,9-10H2,1-4H3. The Hall–Kier alpha value is -1.35. The highest BCUT2D eigenvalue weighted by Crippen LogP contribution is 2.40. The Morgan fingerprint density at radius 3 is 2.38 bits per heavy atom. The summed E-state index contributed by atoms with van der Waals surface area (Å²) < 4.78 is 5.53. The van der Waals surface area contributed by atoms with Crippen LogP contribution in [0.4, 0.5) is 0 Å². The largest absolute Gasteiger partial charge is 0.496 e. The van der Waals surface area contributed by atoms with Crippen LogP contribution in [0.3, 0.4) is 0 Å². The number of Topliss-reactive ketones (excluding diaryl/α,β-unsaturated/α-hetero) is 1. The minimum atomic E-state index is 0.162. The zero-order valence-corrected chi connectivity index (χ0v) is 13.5. The van der Waals surface area contributed by atoms with Crippen molar-refractivity contribution in [2.75, 3.05) is 14.2 Å². The third-order valence-electron chi connectivity index (χ3n) is 5.62. The van der Waals surface area contributed by atoms with Crippen molar-refractivity contribution in [2.24, 2.45) is 5.92 Å². The molecule has 2 aliphatic heterocycles. The van der Waals surface area contributed by atoms with Crippen LogP contribution in [0.2, 0.25) is 0 Å². The lowest BCUT2D eigenvalue weighted by Crippen LogP contribution is -2.42. The van der Waals surface area contributed by atoms with Crippen LogP contribution in [0.15, 0.2) is 12.1 Å². The van der Waals surface area contributed by atoms with Gasteiger partial charge < -0.3 is 9.64 Å². The van der Waals surface area contributed by atoms with Gasteiger partial charge in [0.25, 0.3) is 0 Å². The number of rotatable bonds is 3. The van der Waals surface area contributed by atoms with E-state index in [-0.39, 0.29) is 11.7 Å². The summed E-state index contributed by atoms with van der Waals surface area (Å²) in [5.41, 5.74) is 3.03. The molecule has 0 amide bonds. The number of methoxy groups -OCH3 is 1.